The number of ether oxygens (including phenoxy) is 1. The fraction of sp³-hybridized carbons (Fsp3) is 0.100. The molecule has 2 heterocycles. The first kappa shape index (κ1) is 19.2. The quantitative estimate of drug-likeness (QED) is 0.459. The van der Waals surface area contributed by atoms with Gasteiger partial charge in [-0.15, -0.1) is 0 Å². The van der Waals surface area contributed by atoms with Crippen molar-refractivity contribution in [3.8, 4) is 11.5 Å². The van der Waals surface area contributed by atoms with E-state index in [1.54, 1.807) is 35.7 Å². The lowest BCUT2D eigenvalue weighted by Gasteiger charge is -2.21. The Hall–Kier alpha value is -3.10. The van der Waals surface area contributed by atoms with E-state index in [-0.39, 0.29) is 10.9 Å². The third kappa shape index (κ3) is 3.90. The van der Waals surface area contributed by atoms with Gasteiger partial charge < -0.3 is 14.4 Å². The number of pyridine rings is 1. The Kier molecular flexibility index (Phi) is 5.37. The summed E-state index contributed by atoms with van der Waals surface area (Å²) in [6, 6.07) is 14.1. The van der Waals surface area contributed by atoms with E-state index in [1.807, 2.05) is 24.3 Å². The maximum atomic E-state index is 13.4. The number of rotatable bonds is 6. The topological polar surface area (TPSA) is 88.7 Å². The molecule has 148 valence electrons. The average molecular weight is 430 g/mol. The van der Waals surface area contributed by atoms with Gasteiger partial charge in [0.1, 0.15) is 22.9 Å². The van der Waals surface area contributed by atoms with Crippen molar-refractivity contribution in [2.75, 3.05) is 11.4 Å². The molecule has 0 fully saturated rings. The highest BCUT2D eigenvalue weighted by atomic mass is 35.5. The first-order chi connectivity index (χ1) is 14.1. The minimum atomic E-state index is -1.62. The fourth-order valence-corrected chi connectivity index (χ4v) is 4.27. The normalized spacial score (nSPS) is 12.1. The zero-order valence-electron chi connectivity index (χ0n) is 15.3. The van der Waals surface area contributed by atoms with E-state index in [2.05, 4.69) is 10.1 Å². The van der Waals surface area contributed by atoms with Crippen LogP contribution in [0.1, 0.15) is 5.56 Å². The SMILES string of the molecule is COc1ccc(CN(c2ccon2)S(=O)c2ccc3c(Cl)ncc(O)c3c2)cc1. The fourth-order valence-electron chi connectivity index (χ4n) is 2.86. The zero-order chi connectivity index (χ0) is 20.4. The van der Waals surface area contributed by atoms with Crippen LogP contribution in [0.25, 0.3) is 10.8 Å². The van der Waals surface area contributed by atoms with Crippen molar-refractivity contribution in [3.05, 3.63) is 71.7 Å². The average Bonchev–Trinajstić information content (AvgIpc) is 3.29. The standard InChI is InChI=1S/C20H16ClN3O4S/c1-27-14-4-2-13(3-5-14)12-24(19-8-9-28-23-19)29(26)15-6-7-16-17(10-15)18(25)11-22-20(16)21/h2-11,25H,12H2,1H3. The van der Waals surface area contributed by atoms with Crippen LogP contribution in [0.15, 0.2) is 70.4 Å². The number of fused-ring (bicyclic) bond motifs is 1. The molecule has 4 rings (SSSR count). The molecule has 0 radical (unpaired) electrons. The maximum absolute atomic E-state index is 13.4. The number of hydrogen-bond donors (Lipinski definition) is 1. The van der Waals surface area contributed by atoms with Gasteiger partial charge in [-0.2, -0.15) is 0 Å². The molecule has 29 heavy (non-hydrogen) atoms. The molecule has 0 spiro atoms. The molecule has 0 amide bonds. The number of hydrogen-bond acceptors (Lipinski definition) is 6. The van der Waals surface area contributed by atoms with Crippen molar-refractivity contribution in [3.63, 3.8) is 0 Å². The second kappa shape index (κ2) is 8.10. The monoisotopic (exact) mass is 429 g/mol. The molecule has 4 aromatic rings. The smallest absolute Gasteiger partial charge is 0.184 e. The third-order valence-corrected chi connectivity index (χ3v) is 6.03. The van der Waals surface area contributed by atoms with Gasteiger partial charge in [-0.25, -0.2) is 9.19 Å². The lowest BCUT2D eigenvalue weighted by Crippen LogP contribution is -2.25. The number of benzene rings is 2. The molecule has 0 saturated carbocycles. The van der Waals surface area contributed by atoms with Crippen LogP contribution >= 0.6 is 11.6 Å². The minimum Gasteiger partial charge on any atom is -0.506 e. The first-order valence-electron chi connectivity index (χ1n) is 8.57. The van der Waals surface area contributed by atoms with Crippen LogP contribution in [0.5, 0.6) is 11.5 Å². The van der Waals surface area contributed by atoms with Crippen molar-refractivity contribution >= 4 is 39.2 Å². The molecule has 0 aliphatic rings. The summed E-state index contributed by atoms with van der Waals surface area (Å²) in [7, 11) is -0.0243. The first-order valence-corrected chi connectivity index (χ1v) is 10.1. The molecule has 0 aliphatic heterocycles. The molecule has 0 saturated heterocycles. The van der Waals surface area contributed by atoms with Crippen LogP contribution in [-0.4, -0.2) is 26.6 Å². The number of nitrogens with zero attached hydrogens (tertiary/aromatic N) is 3. The van der Waals surface area contributed by atoms with E-state index in [0.29, 0.717) is 28.0 Å². The largest absolute Gasteiger partial charge is 0.506 e. The zero-order valence-corrected chi connectivity index (χ0v) is 16.9. The number of halogens is 1. The number of anilines is 1. The van der Waals surface area contributed by atoms with Gasteiger partial charge in [0.25, 0.3) is 0 Å². The Morgan fingerprint density at radius 3 is 2.66 bits per heavy atom. The Balaban J connectivity index is 1.71. The molecule has 2 aromatic heterocycles. The predicted molar refractivity (Wildman–Crippen MR) is 111 cm³/mol. The molecule has 1 N–H and O–H groups in total. The van der Waals surface area contributed by atoms with E-state index < -0.39 is 11.0 Å². The number of aromatic nitrogens is 2. The summed E-state index contributed by atoms with van der Waals surface area (Å²) < 4.78 is 25.1. The van der Waals surface area contributed by atoms with Crippen LogP contribution in [-0.2, 0) is 17.5 Å². The van der Waals surface area contributed by atoms with Gasteiger partial charge in [-0.05, 0) is 35.9 Å². The van der Waals surface area contributed by atoms with Crippen molar-refractivity contribution in [1.82, 2.24) is 10.1 Å². The molecule has 1 atom stereocenters. The molecule has 0 bridgehead atoms. The minimum absolute atomic E-state index is 0.0357. The highest BCUT2D eigenvalue weighted by molar-refractivity contribution is 7.86. The lowest BCUT2D eigenvalue weighted by molar-refractivity contribution is 0.414. The van der Waals surface area contributed by atoms with Crippen LogP contribution in [0.2, 0.25) is 5.15 Å². The van der Waals surface area contributed by atoms with Gasteiger partial charge >= 0.3 is 0 Å². The molecule has 7 nitrogen and oxygen atoms in total. The van der Waals surface area contributed by atoms with E-state index in [1.165, 1.54) is 12.5 Å². The van der Waals surface area contributed by atoms with Gasteiger partial charge in [0.05, 0.1) is 24.7 Å². The molecule has 9 heteroatoms. The van der Waals surface area contributed by atoms with Crippen LogP contribution < -0.4 is 9.04 Å². The number of methoxy groups -OCH3 is 1. The Morgan fingerprint density at radius 1 is 1.17 bits per heavy atom. The summed E-state index contributed by atoms with van der Waals surface area (Å²) in [6.07, 6.45) is 2.69. The summed E-state index contributed by atoms with van der Waals surface area (Å²) in [5.41, 5.74) is 0.915. The van der Waals surface area contributed by atoms with Crippen LogP contribution in [0, 0.1) is 0 Å². The van der Waals surface area contributed by atoms with Gasteiger partial charge in [-0.1, -0.05) is 28.9 Å². The lowest BCUT2D eigenvalue weighted by atomic mass is 10.2. The van der Waals surface area contributed by atoms with Crippen LogP contribution in [0.4, 0.5) is 5.82 Å². The predicted octanol–water partition coefficient (Wildman–Crippen LogP) is 4.32. The second-order valence-corrected chi connectivity index (χ2v) is 7.90. The van der Waals surface area contributed by atoms with Gasteiger partial charge in [0.2, 0.25) is 0 Å². The Labute approximate surface area is 174 Å². The van der Waals surface area contributed by atoms with Crippen molar-refractivity contribution in [1.29, 1.82) is 0 Å². The summed E-state index contributed by atoms with van der Waals surface area (Å²) in [5.74, 6) is 1.13. The van der Waals surface area contributed by atoms with Gasteiger partial charge in [-0.3, -0.25) is 4.31 Å². The van der Waals surface area contributed by atoms with Crippen molar-refractivity contribution < 1.29 is 18.6 Å². The molecular formula is C20H16ClN3O4S. The van der Waals surface area contributed by atoms with Crippen molar-refractivity contribution in [2.45, 2.75) is 11.4 Å². The number of aromatic hydroxyl groups is 1. The summed E-state index contributed by atoms with van der Waals surface area (Å²) in [6.45, 7) is 0.324. The van der Waals surface area contributed by atoms with Crippen molar-refractivity contribution in [2.24, 2.45) is 0 Å². The summed E-state index contributed by atoms with van der Waals surface area (Å²) >= 11 is 6.10. The highest BCUT2D eigenvalue weighted by Crippen LogP contribution is 2.31. The van der Waals surface area contributed by atoms with E-state index in [9.17, 15) is 9.32 Å². The summed E-state index contributed by atoms with van der Waals surface area (Å²) in [5, 5.41) is 15.4. The maximum Gasteiger partial charge on any atom is 0.184 e. The van der Waals surface area contributed by atoms with Crippen LogP contribution in [0.3, 0.4) is 0 Å². The third-order valence-electron chi connectivity index (χ3n) is 4.36. The van der Waals surface area contributed by atoms with E-state index in [0.717, 1.165) is 11.3 Å². The molecule has 2 aromatic carbocycles. The second-order valence-electron chi connectivity index (χ2n) is 6.13. The summed E-state index contributed by atoms with van der Waals surface area (Å²) in [4.78, 5) is 4.40. The van der Waals surface area contributed by atoms with Gasteiger partial charge in [0, 0.05) is 16.8 Å². The van der Waals surface area contributed by atoms with Gasteiger partial charge in [0.15, 0.2) is 16.8 Å². The molecular weight excluding hydrogens is 414 g/mol. The molecule has 1 unspecified atom stereocenters. The highest BCUT2D eigenvalue weighted by Gasteiger charge is 2.20. The van der Waals surface area contributed by atoms with E-state index in [4.69, 9.17) is 20.9 Å². The molecule has 0 aliphatic carbocycles. The Bertz CT molecular complexity index is 1170. The Morgan fingerprint density at radius 2 is 1.97 bits per heavy atom. The van der Waals surface area contributed by atoms with E-state index >= 15 is 0 Å².